The van der Waals surface area contributed by atoms with Crippen molar-refractivity contribution in [2.45, 2.75) is 12.8 Å². The second kappa shape index (κ2) is 9.89. The summed E-state index contributed by atoms with van der Waals surface area (Å²) in [7, 11) is 3.04. The van der Waals surface area contributed by atoms with Gasteiger partial charge in [0.15, 0.2) is 17.2 Å². The van der Waals surface area contributed by atoms with Crippen LogP contribution in [0.1, 0.15) is 12.8 Å². The van der Waals surface area contributed by atoms with Gasteiger partial charge in [0.1, 0.15) is 17.0 Å². The third-order valence-corrected chi connectivity index (χ3v) is 6.38. The molecule has 2 amide bonds. The number of fused-ring (bicyclic) bond motifs is 1. The summed E-state index contributed by atoms with van der Waals surface area (Å²) in [4.78, 5) is 41.0. The van der Waals surface area contributed by atoms with Crippen LogP contribution in [0.4, 0.5) is 15.8 Å². The van der Waals surface area contributed by atoms with Crippen LogP contribution in [0.5, 0.6) is 23.0 Å². The maximum atomic E-state index is 13.1. The van der Waals surface area contributed by atoms with Gasteiger partial charge in [-0.2, -0.15) is 0 Å². The van der Waals surface area contributed by atoms with Crippen molar-refractivity contribution in [1.82, 2.24) is 4.98 Å². The van der Waals surface area contributed by atoms with Gasteiger partial charge in [-0.1, -0.05) is 0 Å². The maximum absolute atomic E-state index is 13.1. The number of amides is 2. The van der Waals surface area contributed by atoms with Gasteiger partial charge in [0, 0.05) is 22.8 Å². The molecule has 0 atom stereocenters. The van der Waals surface area contributed by atoms with Crippen LogP contribution in [0.25, 0.3) is 10.9 Å². The molecular formula is C28H24FN3O6. The minimum atomic E-state index is -1.17. The van der Waals surface area contributed by atoms with Crippen molar-refractivity contribution in [3.05, 3.63) is 82.9 Å². The van der Waals surface area contributed by atoms with E-state index in [9.17, 15) is 18.8 Å². The van der Waals surface area contributed by atoms with Crippen molar-refractivity contribution in [3.8, 4) is 23.0 Å². The van der Waals surface area contributed by atoms with Crippen LogP contribution in [0.2, 0.25) is 0 Å². The fraction of sp³-hybridized carbons (Fsp3) is 0.179. The summed E-state index contributed by atoms with van der Waals surface area (Å²) in [6.07, 6.45) is 0.822. The second-order valence-corrected chi connectivity index (χ2v) is 8.88. The molecule has 10 heteroatoms. The average Bonchev–Trinajstić information content (AvgIpc) is 3.73. The summed E-state index contributed by atoms with van der Waals surface area (Å²) in [5.74, 6) is 0.174. The molecular weight excluding hydrogens is 493 g/mol. The zero-order chi connectivity index (χ0) is 26.9. The van der Waals surface area contributed by atoms with E-state index in [-0.39, 0.29) is 5.75 Å². The maximum Gasteiger partial charge on any atom is 0.291 e. The van der Waals surface area contributed by atoms with E-state index < -0.39 is 28.6 Å². The molecule has 9 nitrogen and oxygen atoms in total. The monoisotopic (exact) mass is 517 g/mol. The van der Waals surface area contributed by atoms with Crippen molar-refractivity contribution in [1.29, 1.82) is 0 Å². The van der Waals surface area contributed by atoms with Crippen molar-refractivity contribution in [2.75, 3.05) is 24.9 Å². The molecule has 3 aromatic carbocycles. The van der Waals surface area contributed by atoms with E-state index in [0.717, 1.165) is 0 Å². The van der Waals surface area contributed by atoms with E-state index in [1.54, 1.807) is 42.5 Å². The number of halogens is 1. The Hall–Kier alpha value is -4.86. The number of carbonyl (C=O) groups excluding carboxylic acids is 2. The van der Waals surface area contributed by atoms with E-state index in [4.69, 9.17) is 14.2 Å². The number of ether oxygens (including phenoxy) is 3. The molecule has 0 unspecified atom stereocenters. The number of benzene rings is 3. The normalized spacial score (nSPS) is 13.4. The first-order chi connectivity index (χ1) is 18.3. The Morgan fingerprint density at radius 3 is 1.89 bits per heavy atom. The Labute approximate surface area is 216 Å². The number of hydrogen-bond acceptors (Lipinski definition) is 6. The van der Waals surface area contributed by atoms with Gasteiger partial charge in [-0.3, -0.25) is 14.4 Å². The molecule has 4 aromatic rings. The molecule has 1 aliphatic rings. The minimum Gasteiger partial charge on any atom is -0.493 e. The lowest BCUT2D eigenvalue weighted by molar-refractivity contribution is -0.131. The number of carbonyl (C=O) groups is 2. The highest BCUT2D eigenvalue weighted by Gasteiger charge is 2.56. The van der Waals surface area contributed by atoms with Crippen LogP contribution in [0.3, 0.4) is 0 Å². The first-order valence-corrected chi connectivity index (χ1v) is 11.8. The number of pyridine rings is 1. The molecule has 0 saturated heterocycles. The summed E-state index contributed by atoms with van der Waals surface area (Å²) in [6, 6.07) is 16.8. The number of methoxy groups -OCH3 is 2. The van der Waals surface area contributed by atoms with E-state index in [1.807, 2.05) is 0 Å². The van der Waals surface area contributed by atoms with Gasteiger partial charge in [0.2, 0.25) is 11.8 Å². The number of rotatable bonds is 8. The third kappa shape index (κ3) is 4.88. The predicted molar refractivity (Wildman–Crippen MR) is 140 cm³/mol. The number of aromatic nitrogens is 1. The van der Waals surface area contributed by atoms with Crippen LogP contribution < -0.4 is 30.4 Å². The fourth-order valence-electron chi connectivity index (χ4n) is 4.04. The van der Waals surface area contributed by atoms with Crippen LogP contribution in [0, 0.1) is 11.2 Å². The molecule has 5 rings (SSSR count). The Morgan fingerprint density at radius 1 is 0.816 bits per heavy atom. The number of anilines is 2. The molecule has 1 aliphatic carbocycles. The van der Waals surface area contributed by atoms with Gasteiger partial charge in [-0.25, -0.2) is 4.39 Å². The number of nitrogens with one attached hydrogen (secondary N) is 3. The lowest BCUT2D eigenvalue weighted by Crippen LogP contribution is -2.35. The van der Waals surface area contributed by atoms with Gasteiger partial charge in [0.05, 0.1) is 19.7 Å². The molecule has 1 fully saturated rings. The Bertz CT molecular complexity index is 1580. The standard InChI is InChI=1S/C28H24FN3O6/c1-36-22-13-16-14-24(25(33)32-21(16)15-23(22)37-2)38-20-9-7-19(8-10-20)31-27(35)28(11-12-28)26(34)30-18-5-3-17(29)4-6-18/h3-10,13-15H,11-12H2,1-2H3,(H,30,34)(H,31,35)(H,32,33). The Balaban J connectivity index is 1.26. The van der Waals surface area contributed by atoms with E-state index in [0.29, 0.717) is 52.4 Å². The highest BCUT2D eigenvalue weighted by Crippen LogP contribution is 2.47. The molecule has 0 aliphatic heterocycles. The van der Waals surface area contributed by atoms with Crippen molar-refractivity contribution in [2.24, 2.45) is 5.41 Å². The lowest BCUT2D eigenvalue weighted by Gasteiger charge is -2.16. The molecule has 38 heavy (non-hydrogen) atoms. The summed E-state index contributed by atoms with van der Waals surface area (Å²) in [5, 5.41) is 6.12. The lowest BCUT2D eigenvalue weighted by atomic mass is 10.0. The van der Waals surface area contributed by atoms with Crippen LogP contribution in [0.15, 0.2) is 71.5 Å². The first-order valence-electron chi connectivity index (χ1n) is 11.8. The highest BCUT2D eigenvalue weighted by atomic mass is 19.1. The topological polar surface area (TPSA) is 119 Å². The van der Waals surface area contributed by atoms with Gasteiger partial charge in [-0.05, 0) is 73.5 Å². The minimum absolute atomic E-state index is 0.0795. The molecule has 1 aromatic heterocycles. The van der Waals surface area contributed by atoms with Crippen LogP contribution >= 0.6 is 0 Å². The van der Waals surface area contributed by atoms with E-state index in [2.05, 4.69) is 15.6 Å². The highest BCUT2D eigenvalue weighted by molar-refractivity contribution is 6.16. The number of aromatic amines is 1. The van der Waals surface area contributed by atoms with Gasteiger partial charge < -0.3 is 29.8 Å². The summed E-state index contributed by atoms with van der Waals surface area (Å²) < 4.78 is 29.5. The Morgan fingerprint density at radius 2 is 1.34 bits per heavy atom. The fourth-order valence-corrected chi connectivity index (χ4v) is 4.04. The molecule has 0 spiro atoms. The molecule has 0 radical (unpaired) electrons. The average molecular weight is 518 g/mol. The van der Waals surface area contributed by atoms with Gasteiger partial charge in [-0.15, -0.1) is 0 Å². The molecule has 0 bridgehead atoms. The van der Waals surface area contributed by atoms with Crippen molar-refractivity contribution in [3.63, 3.8) is 0 Å². The van der Waals surface area contributed by atoms with E-state index >= 15 is 0 Å². The van der Waals surface area contributed by atoms with E-state index in [1.165, 1.54) is 38.5 Å². The number of hydrogen-bond donors (Lipinski definition) is 3. The van der Waals surface area contributed by atoms with Gasteiger partial charge >= 0.3 is 0 Å². The van der Waals surface area contributed by atoms with Crippen molar-refractivity contribution >= 4 is 34.1 Å². The number of H-pyrrole nitrogens is 1. The zero-order valence-electron chi connectivity index (χ0n) is 20.6. The Kier molecular flexibility index (Phi) is 6.46. The third-order valence-electron chi connectivity index (χ3n) is 6.38. The zero-order valence-corrected chi connectivity index (χ0v) is 20.6. The molecule has 194 valence electrons. The first kappa shape index (κ1) is 24.8. The largest absolute Gasteiger partial charge is 0.493 e. The smallest absolute Gasteiger partial charge is 0.291 e. The summed E-state index contributed by atoms with van der Waals surface area (Å²) in [6.45, 7) is 0. The quantitative estimate of drug-likeness (QED) is 0.288. The summed E-state index contributed by atoms with van der Waals surface area (Å²) >= 11 is 0. The SMILES string of the molecule is COc1cc2cc(Oc3ccc(NC(=O)C4(C(=O)Nc5ccc(F)cc5)CC4)cc3)c(=O)[nH]c2cc1OC. The predicted octanol–water partition coefficient (Wildman–Crippen LogP) is 4.83. The second-order valence-electron chi connectivity index (χ2n) is 8.88. The molecule has 1 saturated carbocycles. The molecule has 3 N–H and O–H groups in total. The summed E-state index contributed by atoms with van der Waals surface area (Å²) in [5.41, 5.74) is -0.155. The van der Waals surface area contributed by atoms with Crippen LogP contribution in [-0.2, 0) is 9.59 Å². The van der Waals surface area contributed by atoms with Crippen molar-refractivity contribution < 1.29 is 28.2 Å². The van der Waals surface area contributed by atoms with Crippen LogP contribution in [-0.4, -0.2) is 31.0 Å². The van der Waals surface area contributed by atoms with Gasteiger partial charge in [0.25, 0.3) is 5.56 Å². The molecule has 1 heterocycles.